The third kappa shape index (κ3) is 4.43. The second kappa shape index (κ2) is 10.1. The molecule has 0 bridgehead atoms. The number of aryl methyl sites for hydroxylation is 1. The lowest BCUT2D eigenvalue weighted by molar-refractivity contribution is -0.326. The maximum atomic E-state index is 13.7. The Kier molecular flexibility index (Phi) is 6.77. The average Bonchev–Trinajstić information content (AvgIpc) is 3.66. The van der Waals surface area contributed by atoms with E-state index in [1.807, 2.05) is 73.7 Å². The van der Waals surface area contributed by atoms with Crippen LogP contribution in [-0.2, 0) is 19.8 Å². The van der Waals surface area contributed by atoms with Gasteiger partial charge in [-0.05, 0) is 42.3 Å². The van der Waals surface area contributed by atoms with E-state index >= 15 is 0 Å². The Balaban J connectivity index is 1.45. The van der Waals surface area contributed by atoms with Crippen LogP contribution in [0.5, 0.6) is 0 Å². The normalized spacial score (nSPS) is 28.7. The van der Waals surface area contributed by atoms with Gasteiger partial charge in [0, 0.05) is 21.2 Å². The van der Waals surface area contributed by atoms with Crippen molar-refractivity contribution in [2.24, 2.45) is 0 Å². The molecule has 0 spiro atoms. The van der Waals surface area contributed by atoms with Gasteiger partial charge in [-0.15, -0.1) is 0 Å². The molecule has 6 rings (SSSR count). The predicted octanol–water partition coefficient (Wildman–Crippen LogP) is 7.62. The number of hydrogen-bond acceptors (Lipinski definition) is 4. The van der Waals surface area contributed by atoms with Crippen LogP contribution >= 0.6 is 23.2 Å². The fraction of sp³-hybridized carbons (Fsp3) is 0.226. The summed E-state index contributed by atoms with van der Waals surface area (Å²) in [5, 5.41) is 12.5. The molecule has 4 nitrogen and oxygen atoms in total. The number of aliphatic hydroxyl groups is 1. The number of ether oxygens (including phenoxy) is 3. The van der Waals surface area contributed by atoms with Crippen molar-refractivity contribution in [1.29, 1.82) is 0 Å². The van der Waals surface area contributed by atoms with Crippen molar-refractivity contribution in [2.45, 2.75) is 43.2 Å². The summed E-state index contributed by atoms with van der Waals surface area (Å²) in [6, 6.07) is 28.7. The topological polar surface area (TPSA) is 51.2 Å². The van der Waals surface area contributed by atoms with E-state index in [2.05, 4.69) is 0 Å². The summed E-state index contributed by atoms with van der Waals surface area (Å²) in [6.45, 7) is 2.01. The summed E-state index contributed by atoms with van der Waals surface area (Å²) in [4.78, 5) is 0. The molecular formula is C31H25Cl2FO4. The molecule has 2 fully saturated rings. The highest BCUT2D eigenvalue weighted by Crippen LogP contribution is 2.63. The summed E-state index contributed by atoms with van der Waals surface area (Å²) in [7, 11) is 0. The zero-order valence-electron chi connectivity index (χ0n) is 20.4. The van der Waals surface area contributed by atoms with E-state index in [4.69, 9.17) is 37.4 Å². The number of aliphatic hydroxyl groups excluding tert-OH is 1. The van der Waals surface area contributed by atoms with Gasteiger partial charge in [-0.25, -0.2) is 4.39 Å². The Morgan fingerprint density at radius 2 is 1.37 bits per heavy atom. The van der Waals surface area contributed by atoms with Gasteiger partial charge in [0.05, 0.1) is 12.0 Å². The molecule has 0 saturated carbocycles. The fourth-order valence-electron chi connectivity index (χ4n) is 5.30. The van der Waals surface area contributed by atoms with Crippen molar-refractivity contribution < 1.29 is 23.7 Å². The van der Waals surface area contributed by atoms with E-state index < -0.39 is 36.3 Å². The average molecular weight is 551 g/mol. The third-order valence-corrected chi connectivity index (χ3v) is 8.01. The van der Waals surface area contributed by atoms with Crippen LogP contribution in [0.4, 0.5) is 4.39 Å². The molecule has 4 aromatic rings. The molecule has 0 aromatic heterocycles. The monoisotopic (exact) mass is 550 g/mol. The van der Waals surface area contributed by atoms with Crippen LogP contribution in [-0.4, -0.2) is 17.7 Å². The van der Waals surface area contributed by atoms with Gasteiger partial charge in [0.15, 0.2) is 18.2 Å². The van der Waals surface area contributed by atoms with E-state index in [0.717, 1.165) is 16.7 Å². The Bertz CT molecular complexity index is 1450. The zero-order valence-corrected chi connectivity index (χ0v) is 21.9. The minimum Gasteiger partial charge on any atom is -0.367 e. The summed E-state index contributed by atoms with van der Waals surface area (Å²) >= 11 is 13.2. The van der Waals surface area contributed by atoms with Crippen LogP contribution < -0.4 is 0 Å². The van der Waals surface area contributed by atoms with E-state index in [-0.39, 0.29) is 5.82 Å². The summed E-state index contributed by atoms with van der Waals surface area (Å²) in [6.07, 6.45) is -3.47. The first-order valence-electron chi connectivity index (χ1n) is 12.4. The Morgan fingerprint density at radius 1 is 0.763 bits per heavy atom. The highest BCUT2D eigenvalue weighted by molar-refractivity contribution is 6.31. The summed E-state index contributed by atoms with van der Waals surface area (Å²) < 4.78 is 33.1. The van der Waals surface area contributed by atoms with Gasteiger partial charge in [0.1, 0.15) is 11.9 Å². The summed E-state index contributed by atoms with van der Waals surface area (Å²) in [5.74, 6) is -1.04. The van der Waals surface area contributed by atoms with Crippen molar-refractivity contribution in [2.75, 3.05) is 0 Å². The number of hydrogen-bond donors (Lipinski definition) is 1. The lowest BCUT2D eigenvalue weighted by Gasteiger charge is -2.42. The highest BCUT2D eigenvalue weighted by Gasteiger charge is 2.67. The molecule has 2 heterocycles. The molecule has 0 aliphatic carbocycles. The zero-order chi connectivity index (χ0) is 26.4. The van der Waals surface area contributed by atoms with Crippen LogP contribution in [0, 0.1) is 12.7 Å². The van der Waals surface area contributed by atoms with Gasteiger partial charge in [-0.1, -0.05) is 102 Å². The maximum absolute atomic E-state index is 13.7. The first kappa shape index (κ1) is 25.5. The molecule has 2 saturated heterocycles. The minimum atomic E-state index is -1.29. The smallest absolute Gasteiger partial charge is 0.197 e. The van der Waals surface area contributed by atoms with Crippen molar-refractivity contribution in [3.63, 3.8) is 0 Å². The van der Waals surface area contributed by atoms with Crippen molar-refractivity contribution in [1.82, 2.24) is 0 Å². The Labute approximate surface area is 230 Å². The van der Waals surface area contributed by atoms with Crippen LogP contribution in [0.1, 0.15) is 45.9 Å². The van der Waals surface area contributed by atoms with E-state index in [1.54, 1.807) is 18.2 Å². The second-order valence-corrected chi connectivity index (χ2v) is 10.5. The molecule has 0 amide bonds. The number of rotatable bonds is 5. The molecule has 38 heavy (non-hydrogen) atoms. The van der Waals surface area contributed by atoms with Gasteiger partial charge >= 0.3 is 0 Å². The Morgan fingerprint density at radius 3 is 2.00 bits per heavy atom. The molecule has 7 heteroatoms. The van der Waals surface area contributed by atoms with Crippen LogP contribution in [0.2, 0.25) is 10.0 Å². The molecule has 194 valence electrons. The molecule has 0 radical (unpaired) electrons. The number of benzene rings is 4. The van der Waals surface area contributed by atoms with E-state index in [9.17, 15) is 9.50 Å². The number of halogens is 3. The standard InChI is InChI=1S/C31H25Cl2FO4/c1-18-10-14-20(15-11-18)31(28(38-31)23-7-3-5-9-25(23)33)30-36-27(22-6-2-4-8-24(22)32)26(29(35)37-30)19-12-16-21(34)17-13-19/h2-17,26-30,35H,1H3. The first-order valence-corrected chi connectivity index (χ1v) is 13.1. The second-order valence-electron chi connectivity index (χ2n) is 9.69. The molecule has 2 aliphatic heterocycles. The minimum absolute atomic E-state index is 0.375. The lowest BCUT2D eigenvalue weighted by Crippen LogP contribution is -2.46. The van der Waals surface area contributed by atoms with E-state index in [1.165, 1.54) is 12.1 Å². The first-order chi connectivity index (χ1) is 18.4. The molecular weight excluding hydrogens is 526 g/mol. The molecule has 4 aromatic carbocycles. The van der Waals surface area contributed by atoms with Crippen LogP contribution in [0.15, 0.2) is 97.1 Å². The van der Waals surface area contributed by atoms with Crippen molar-refractivity contribution >= 4 is 23.2 Å². The molecule has 6 atom stereocenters. The highest BCUT2D eigenvalue weighted by atomic mass is 35.5. The maximum Gasteiger partial charge on any atom is 0.197 e. The van der Waals surface area contributed by atoms with Gasteiger partial charge in [-0.3, -0.25) is 0 Å². The SMILES string of the molecule is Cc1ccc(C2(C3OC(O)C(c4ccc(F)cc4)C(c4ccccc4Cl)O3)OC2c2ccccc2Cl)cc1. The quantitative estimate of drug-likeness (QED) is 0.259. The van der Waals surface area contributed by atoms with Crippen LogP contribution in [0.25, 0.3) is 0 Å². The lowest BCUT2D eigenvalue weighted by atomic mass is 9.85. The van der Waals surface area contributed by atoms with E-state index in [0.29, 0.717) is 21.2 Å². The van der Waals surface area contributed by atoms with Crippen LogP contribution in [0.3, 0.4) is 0 Å². The van der Waals surface area contributed by atoms with Gasteiger partial charge in [0.2, 0.25) is 0 Å². The Hall–Kier alpha value is -2.77. The predicted molar refractivity (Wildman–Crippen MR) is 143 cm³/mol. The molecule has 1 N–H and O–H groups in total. The fourth-order valence-corrected chi connectivity index (χ4v) is 5.78. The van der Waals surface area contributed by atoms with Crippen molar-refractivity contribution in [3.8, 4) is 0 Å². The summed E-state index contributed by atoms with van der Waals surface area (Å²) in [5.41, 5.74) is 3.01. The largest absolute Gasteiger partial charge is 0.367 e. The third-order valence-electron chi connectivity index (χ3n) is 7.32. The molecule has 6 unspecified atom stereocenters. The van der Waals surface area contributed by atoms with Gasteiger partial charge in [0.25, 0.3) is 0 Å². The van der Waals surface area contributed by atoms with Crippen molar-refractivity contribution in [3.05, 3.63) is 141 Å². The molecule has 2 aliphatic rings. The van der Waals surface area contributed by atoms with Gasteiger partial charge < -0.3 is 19.3 Å². The number of epoxide rings is 1. The van der Waals surface area contributed by atoms with Gasteiger partial charge in [-0.2, -0.15) is 0 Å².